The van der Waals surface area contributed by atoms with E-state index in [1.165, 1.54) is 0 Å². The summed E-state index contributed by atoms with van der Waals surface area (Å²) < 4.78 is 5.46. The first kappa shape index (κ1) is 22.3. The number of hydrogen-bond acceptors (Lipinski definition) is 5. The molecule has 2 aromatic carbocycles. The van der Waals surface area contributed by atoms with Gasteiger partial charge in [0, 0.05) is 41.1 Å². The Morgan fingerprint density at radius 2 is 1.91 bits per heavy atom. The lowest BCUT2D eigenvalue weighted by atomic mass is 9.91. The number of carbonyl (C=O) groups is 1. The van der Waals surface area contributed by atoms with Crippen LogP contribution in [0.4, 0.5) is 5.82 Å². The van der Waals surface area contributed by atoms with Crippen molar-refractivity contribution in [1.82, 2.24) is 10.3 Å². The second-order valence-corrected chi connectivity index (χ2v) is 8.31. The van der Waals surface area contributed by atoms with E-state index in [9.17, 15) is 9.90 Å². The van der Waals surface area contributed by atoms with Crippen LogP contribution in [0, 0.1) is 0 Å². The lowest BCUT2D eigenvalue weighted by Gasteiger charge is -2.23. The van der Waals surface area contributed by atoms with Crippen molar-refractivity contribution in [2.24, 2.45) is 0 Å². The fraction of sp³-hybridized carbons (Fsp3) is 0.280. The number of carbonyl (C=O) groups excluding carboxylic acids is 1. The monoisotopic (exact) mass is 451 g/mol. The molecule has 7 heteroatoms. The van der Waals surface area contributed by atoms with Gasteiger partial charge >= 0.3 is 0 Å². The van der Waals surface area contributed by atoms with E-state index in [2.05, 4.69) is 10.3 Å². The summed E-state index contributed by atoms with van der Waals surface area (Å²) in [6, 6.07) is 16.0. The van der Waals surface area contributed by atoms with E-state index in [0.717, 1.165) is 48.3 Å². The van der Waals surface area contributed by atoms with Gasteiger partial charge in [-0.05, 0) is 48.1 Å². The van der Waals surface area contributed by atoms with Crippen LogP contribution in [-0.2, 0) is 4.74 Å². The van der Waals surface area contributed by atoms with Crippen LogP contribution < -0.4 is 11.1 Å². The molecule has 0 aliphatic carbocycles. The predicted octanol–water partition coefficient (Wildman–Crippen LogP) is 4.34. The Morgan fingerprint density at radius 1 is 1.16 bits per heavy atom. The third-order valence-corrected chi connectivity index (χ3v) is 6.16. The van der Waals surface area contributed by atoms with E-state index >= 15 is 0 Å². The molecule has 0 bridgehead atoms. The minimum Gasteiger partial charge on any atom is -0.394 e. The average Bonchev–Trinajstić information content (AvgIpc) is 2.84. The zero-order valence-electron chi connectivity index (χ0n) is 17.6. The van der Waals surface area contributed by atoms with Gasteiger partial charge in [0.25, 0.3) is 5.91 Å². The number of hydrogen-bond donors (Lipinski definition) is 3. The first-order valence-electron chi connectivity index (χ1n) is 10.7. The fourth-order valence-corrected chi connectivity index (χ4v) is 4.28. The van der Waals surface area contributed by atoms with Gasteiger partial charge in [-0.15, -0.1) is 0 Å². The molecule has 166 valence electrons. The van der Waals surface area contributed by atoms with E-state index in [1.807, 2.05) is 42.6 Å². The summed E-state index contributed by atoms with van der Waals surface area (Å²) in [6.45, 7) is 1.28. The van der Waals surface area contributed by atoms with Crippen LogP contribution in [0.1, 0.15) is 46.3 Å². The number of nitrogens with two attached hydrogens (primary N) is 1. The highest BCUT2D eigenvalue weighted by Gasteiger charge is 2.20. The molecule has 1 unspecified atom stereocenters. The maximum Gasteiger partial charge on any atom is 0.251 e. The van der Waals surface area contributed by atoms with Crippen molar-refractivity contribution in [3.63, 3.8) is 0 Å². The third-order valence-electron chi connectivity index (χ3n) is 5.84. The van der Waals surface area contributed by atoms with Crippen LogP contribution in [0.5, 0.6) is 0 Å². The number of nitrogen functional groups attached to an aromatic ring is 1. The minimum atomic E-state index is -0.502. The topological polar surface area (TPSA) is 97.5 Å². The number of halogens is 1. The van der Waals surface area contributed by atoms with Gasteiger partial charge in [0.15, 0.2) is 0 Å². The fourth-order valence-electron chi connectivity index (χ4n) is 4.00. The van der Waals surface area contributed by atoms with Gasteiger partial charge in [0.1, 0.15) is 5.82 Å². The molecule has 0 saturated carbocycles. The molecule has 1 fully saturated rings. The maximum absolute atomic E-state index is 12.8. The summed E-state index contributed by atoms with van der Waals surface area (Å²) in [5.41, 5.74) is 9.99. The van der Waals surface area contributed by atoms with Crippen LogP contribution >= 0.6 is 11.6 Å². The van der Waals surface area contributed by atoms with E-state index < -0.39 is 6.04 Å². The number of aliphatic hydroxyl groups is 1. The molecular weight excluding hydrogens is 426 g/mol. The number of ether oxygens (including phenoxy) is 1. The van der Waals surface area contributed by atoms with Gasteiger partial charge in [-0.2, -0.15) is 0 Å². The van der Waals surface area contributed by atoms with Crippen LogP contribution in [0.2, 0.25) is 5.02 Å². The predicted molar refractivity (Wildman–Crippen MR) is 126 cm³/mol. The van der Waals surface area contributed by atoms with Crippen molar-refractivity contribution in [3.8, 4) is 11.1 Å². The van der Waals surface area contributed by atoms with Crippen molar-refractivity contribution in [3.05, 3.63) is 82.5 Å². The molecule has 32 heavy (non-hydrogen) atoms. The van der Waals surface area contributed by atoms with Crippen LogP contribution in [0.25, 0.3) is 11.1 Å². The van der Waals surface area contributed by atoms with Gasteiger partial charge in [-0.1, -0.05) is 48.0 Å². The highest BCUT2D eigenvalue weighted by molar-refractivity contribution is 6.33. The molecule has 2 heterocycles. The van der Waals surface area contributed by atoms with E-state index in [-0.39, 0.29) is 12.5 Å². The summed E-state index contributed by atoms with van der Waals surface area (Å²) in [5.74, 6) is 0.459. The number of nitrogens with one attached hydrogen (secondary N) is 1. The minimum absolute atomic E-state index is 0.206. The first-order valence-corrected chi connectivity index (χ1v) is 11.0. The van der Waals surface area contributed by atoms with Crippen LogP contribution in [-0.4, -0.2) is 35.8 Å². The normalized spacial score (nSPS) is 15.3. The van der Waals surface area contributed by atoms with Gasteiger partial charge in [-0.3, -0.25) is 4.79 Å². The number of pyridine rings is 1. The smallest absolute Gasteiger partial charge is 0.251 e. The lowest BCUT2D eigenvalue weighted by Crippen LogP contribution is -2.30. The van der Waals surface area contributed by atoms with Crippen molar-refractivity contribution >= 4 is 23.3 Å². The van der Waals surface area contributed by atoms with Crippen LogP contribution in [0.3, 0.4) is 0 Å². The number of amides is 1. The number of aromatic nitrogens is 1. The summed E-state index contributed by atoms with van der Waals surface area (Å²) in [7, 11) is 0. The first-order chi connectivity index (χ1) is 15.6. The van der Waals surface area contributed by atoms with E-state index in [0.29, 0.717) is 22.3 Å². The van der Waals surface area contributed by atoms with Gasteiger partial charge in [0.05, 0.1) is 12.6 Å². The van der Waals surface area contributed by atoms with Crippen molar-refractivity contribution in [1.29, 1.82) is 0 Å². The Bertz CT molecular complexity index is 1090. The molecule has 0 spiro atoms. The Labute approximate surface area is 192 Å². The Morgan fingerprint density at radius 3 is 2.59 bits per heavy atom. The van der Waals surface area contributed by atoms with Crippen LogP contribution in [0.15, 0.2) is 60.8 Å². The maximum atomic E-state index is 12.8. The molecule has 0 radical (unpaired) electrons. The van der Waals surface area contributed by atoms with E-state index in [1.54, 1.807) is 18.2 Å². The Kier molecular flexibility index (Phi) is 7.05. The summed E-state index contributed by atoms with van der Waals surface area (Å²) in [4.78, 5) is 17.2. The molecule has 1 aliphatic heterocycles. The number of benzene rings is 2. The van der Waals surface area contributed by atoms with Gasteiger partial charge in [-0.25, -0.2) is 4.98 Å². The molecule has 1 saturated heterocycles. The number of aliphatic hydroxyl groups excluding tert-OH is 1. The van der Waals surface area contributed by atoms with E-state index in [4.69, 9.17) is 22.1 Å². The lowest BCUT2D eigenvalue weighted by molar-refractivity contribution is 0.0853. The highest BCUT2D eigenvalue weighted by atomic mass is 35.5. The standard InChI is InChI=1S/C25H26ClN3O3/c26-22-13-18(25(31)29-23(15-30)17-4-2-1-3-5-17)6-7-20(22)21-12-19(14-28-24(21)27)16-8-10-32-11-9-16/h1-7,12-14,16,23,30H,8-11,15H2,(H2,27,28)(H,29,31). The van der Waals surface area contributed by atoms with Crippen molar-refractivity contribution < 1.29 is 14.6 Å². The molecular formula is C25H26ClN3O3. The van der Waals surface area contributed by atoms with Crippen molar-refractivity contribution in [2.45, 2.75) is 24.8 Å². The number of nitrogens with zero attached hydrogens (tertiary/aromatic N) is 1. The Hall–Kier alpha value is -2.93. The molecule has 1 aliphatic rings. The van der Waals surface area contributed by atoms with Gasteiger partial charge in [0.2, 0.25) is 0 Å². The second kappa shape index (κ2) is 10.1. The zero-order valence-corrected chi connectivity index (χ0v) is 18.4. The summed E-state index contributed by atoms with van der Waals surface area (Å²) in [6.07, 6.45) is 3.72. The molecule has 1 amide bonds. The molecule has 6 nitrogen and oxygen atoms in total. The molecule has 1 aromatic heterocycles. The molecule has 3 aromatic rings. The largest absolute Gasteiger partial charge is 0.394 e. The Balaban J connectivity index is 1.56. The number of rotatable bonds is 6. The third kappa shape index (κ3) is 4.93. The zero-order chi connectivity index (χ0) is 22.5. The summed E-state index contributed by atoms with van der Waals surface area (Å²) >= 11 is 6.57. The molecule has 1 atom stereocenters. The molecule has 4 rings (SSSR count). The second-order valence-electron chi connectivity index (χ2n) is 7.90. The average molecular weight is 452 g/mol. The highest BCUT2D eigenvalue weighted by Crippen LogP contribution is 2.35. The van der Waals surface area contributed by atoms with Gasteiger partial charge < -0.3 is 20.9 Å². The summed E-state index contributed by atoms with van der Waals surface area (Å²) in [5, 5.41) is 13.0. The molecule has 4 N–H and O–H groups in total. The van der Waals surface area contributed by atoms with Crippen molar-refractivity contribution in [2.75, 3.05) is 25.6 Å². The quantitative estimate of drug-likeness (QED) is 0.518. The SMILES string of the molecule is Nc1ncc(C2CCOCC2)cc1-c1ccc(C(=O)NC(CO)c2ccccc2)cc1Cl. The number of anilines is 1.